The number of carbonyl (C=O) groups excluding carboxylic acids is 1. The number of aryl methyl sites for hydroxylation is 1. The summed E-state index contributed by atoms with van der Waals surface area (Å²) in [5, 5.41) is 2.88. The summed E-state index contributed by atoms with van der Waals surface area (Å²) >= 11 is 0. The minimum absolute atomic E-state index is 0.0323. The second-order valence-corrected chi connectivity index (χ2v) is 9.43. The Balaban J connectivity index is 1.20. The van der Waals surface area contributed by atoms with Gasteiger partial charge in [0.2, 0.25) is 0 Å². The predicted molar refractivity (Wildman–Crippen MR) is 112 cm³/mol. The van der Waals surface area contributed by atoms with Gasteiger partial charge in [-0.3, -0.25) is 4.79 Å². The fourth-order valence-corrected chi connectivity index (χ4v) is 6.35. The van der Waals surface area contributed by atoms with Crippen molar-refractivity contribution < 1.29 is 9.53 Å². The molecule has 4 aliphatic carbocycles. The average Bonchev–Trinajstić information content (AvgIpc) is 2.68. The van der Waals surface area contributed by atoms with Gasteiger partial charge in [0.05, 0.1) is 0 Å². The molecule has 3 heteroatoms. The summed E-state index contributed by atoms with van der Waals surface area (Å²) < 4.78 is 5.73. The first-order valence-corrected chi connectivity index (χ1v) is 10.7. The summed E-state index contributed by atoms with van der Waals surface area (Å²) in [6.07, 6.45) is 8.53. The van der Waals surface area contributed by atoms with Crippen molar-refractivity contribution in [2.45, 2.75) is 50.9 Å². The Morgan fingerprint density at radius 2 is 1.50 bits per heavy atom. The minimum atomic E-state index is -0.131. The number of nitrogens with one attached hydrogen (secondary N) is 1. The summed E-state index contributed by atoms with van der Waals surface area (Å²) in [7, 11) is 0. The molecule has 0 aromatic heterocycles. The van der Waals surface area contributed by atoms with Gasteiger partial charge in [0.25, 0.3) is 5.91 Å². The molecule has 2 aromatic carbocycles. The van der Waals surface area contributed by atoms with Crippen molar-refractivity contribution in [3.8, 4) is 5.75 Å². The van der Waals surface area contributed by atoms with Crippen LogP contribution in [-0.4, -0.2) is 12.5 Å². The third-order valence-corrected chi connectivity index (χ3v) is 7.21. The number of ether oxygens (including phenoxy) is 1. The normalized spacial score (nSPS) is 30.2. The van der Waals surface area contributed by atoms with Gasteiger partial charge in [0.1, 0.15) is 5.75 Å². The van der Waals surface area contributed by atoms with Crippen molar-refractivity contribution in [1.29, 1.82) is 0 Å². The van der Waals surface area contributed by atoms with E-state index < -0.39 is 0 Å². The predicted octanol–water partition coefficient (Wildman–Crippen LogP) is 5.48. The maximum Gasteiger partial charge on any atom is 0.262 e. The summed E-state index contributed by atoms with van der Waals surface area (Å²) in [5.41, 5.74) is 3.88. The van der Waals surface area contributed by atoms with E-state index in [1.54, 1.807) is 0 Å². The summed E-state index contributed by atoms with van der Waals surface area (Å²) in [4.78, 5) is 12.1. The van der Waals surface area contributed by atoms with E-state index in [1.807, 2.05) is 43.3 Å². The van der Waals surface area contributed by atoms with Crippen molar-refractivity contribution in [2.75, 3.05) is 11.9 Å². The van der Waals surface area contributed by atoms with Crippen LogP contribution in [0.2, 0.25) is 0 Å². The van der Waals surface area contributed by atoms with Crippen LogP contribution >= 0.6 is 0 Å². The molecule has 0 aliphatic heterocycles. The number of rotatable bonds is 5. The van der Waals surface area contributed by atoms with E-state index in [2.05, 4.69) is 17.4 Å². The average molecular weight is 376 g/mol. The molecule has 4 aliphatic rings. The molecule has 6 rings (SSSR count). The Morgan fingerprint density at radius 3 is 2.07 bits per heavy atom. The molecule has 2 aromatic rings. The maximum absolute atomic E-state index is 12.1. The summed E-state index contributed by atoms with van der Waals surface area (Å²) in [6, 6.07) is 16.4. The van der Waals surface area contributed by atoms with Gasteiger partial charge in [0, 0.05) is 5.69 Å². The van der Waals surface area contributed by atoms with Crippen molar-refractivity contribution in [3.63, 3.8) is 0 Å². The number of hydrogen-bond acceptors (Lipinski definition) is 2. The lowest BCUT2D eigenvalue weighted by molar-refractivity contribution is -0.118. The van der Waals surface area contributed by atoms with Crippen LogP contribution in [0.3, 0.4) is 0 Å². The fourth-order valence-electron chi connectivity index (χ4n) is 6.35. The lowest BCUT2D eigenvalue weighted by Crippen LogP contribution is -2.48. The Labute approximate surface area is 167 Å². The maximum atomic E-state index is 12.1. The van der Waals surface area contributed by atoms with E-state index in [-0.39, 0.29) is 12.5 Å². The van der Waals surface area contributed by atoms with Crippen LogP contribution in [-0.2, 0) is 10.2 Å². The van der Waals surface area contributed by atoms with Gasteiger partial charge >= 0.3 is 0 Å². The fraction of sp³-hybridized carbons (Fsp3) is 0.480. The Kier molecular flexibility index (Phi) is 4.41. The molecule has 0 radical (unpaired) electrons. The van der Waals surface area contributed by atoms with E-state index in [0.717, 1.165) is 29.2 Å². The molecule has 0 unspecified atom stereocenters. The molecule has 3 nitrogen and oxygen atoms in total. The molecule has 4 fully saturated rings. The molecular weight excluding hydrogens is 346 g/mol. The van der Waals surface area contributed by atoms with Crippen LogP contribution < -0.4 is 10.1 Å². The van der Waals surface area contributed by atoms with Crippen molar-refractivity contribution in [2.24, 2.45) is 17.8 Å². The van der Waals surface area contributed by atoms with E-state index in [1.165, 1.54) is 49.7 Å². The first-order chi connectivity index (χ1) is 13.6. The standard InChI is InChI=1S/C25H29NO2/c1-17-2-6-22(7-3-17)26-24(27)16-28-23-8-4-21(5-9-23)25-13-18-10-19(14-25)12-20(11-18)15-25/h2-9,18-20H,10-16H2,1H3,(H,26,27). The summed E-state index contributed by atoms with van der Waals surface area (Å²) in [6.45, 7) is 2.06. The van der Waals surface area contributed by atoms with E-state index in [0.29, 0.717) is 5.41 Å². The molecule has 146 valence electrons. The van der Waals surface area contributed by atoms with Gasteiger partial charge in [-0.05, 0) is 98.4 Å². The van der Waals surface area contributed by atoms with Crippen LogP contribution in [0.25, 0.3) is 0 Å². The van der Waals surface area contributed by atoms with Crippen LogP contribution in [0.4, 0.5) is 5.69 Å². The summed E-state index contributed by atoms with van der Waals surface area (Å²) in [5.74, 6) is 3.49. The van der Waals surface area contributed by atoms with Crippen molar-refractivity contribution >= 4 is 11.6 Å². The Bertz CT molecular complexity index is 818. The van der Waals surface area contributed by atoms with E-state index in [4.69, 9.17) is 4.74 Å². The van der Waals surface area contributed by atoms with Gasteiger partial charge in [-0.1, -0.05) is 29.8 Å². The molecule has 4 saturated carbocycles. The third kappa shape index (κ3) is 3.43. The highest BCUT2D eigenvalue weighted by Crippen LogP contribution is 2.60. The van der Waals surface area contributed by atoms with Gasteiger partial charge < -0.3 is 10.1 Å². The second kappa shape index (κ2) is 6.95. The first-order valence-electron chi connectivity index (χ1n) is 10.7. The first kappa shape index (κ1) is 17.8. The zero-order valence-corrected chi connectivity index (χ0v) is 16.6. The highest BCUT2D eigenvalue weighted by molar-refractivity contribution is 5.91. The molecule has 0 saturated heterocycles. The molecule has 1 N–H and O–H groups in total. The van der Waals surface area contributed by atoms with Crippen molar-refractivity contribution in [3.05, 3.63) is 59.7 Å². The SMILES string of the molecule is Cc1ccc(NC(=O)COc2ccc(C34CC5CC(CC(C5)C3)C4)cc2)cc1. The molecule has 0 spiro atoms. The zero-order chi connectivity index (χ0) is 19.1. The van der Waals surface area contributed by atoms with Crippen molar-refractivity contribution in [1.82, 2.24) is 0 Å². The molecule has 28 heavy (non-hydrogen) atoms. The van der Waals surface area contributed by atoms with Gasteiger partial charge in [-0.25, -0.2) is 0 Å². The Morgan fingerprint density at radius 1 is 0.929 bits per heavy atom. The second-order valence-electron chi connectivity index (χ2n) is 9.43. The number of anilines is 1. The number of benzene rings is 2. The zero-order valence-electron chi connectivity index (χ0n) is 16.6. The highest BCUT2D eigenvalue weighted by atomic mass is 16.5. The van der Waals surface area contributed by atoms with Crippen LogP contribution in [0.1, 0.15) is 49.7 Å². The minimum Gasteiger partial charge on any atom is -0.484 e. The Hall–Kier alpha value is -2.29. The van der Waals surface area contributed by atoms with Crippen LogP contribution in [0.5, 0.6) is 5.75 Å². The largest absolute Gasteiger partial charge is 0.484 e. The quantitative estimate of drug-likeness (QED) is 0.751. The highest BCUT2D eigenvalue weighted by Gasteiger charge is 2.51. The van der Waals surface area contributed by atoms with Gasteiger partial charge in [-0.15, -0.1) is 0 Å². The molecule has 4 bridgehead atoms. The van der Waals surface area contributed by atoms with Gasteiger partial charge in [0.15, 0.2) is 6.61 Å². The molecule has 1 amide bonds. The monoisotopic (exact) mass is 375 g/mol. The van der Waals surface area contributed by atoms with E-state index >= 15 is 0 Å². The number of amides is 1. The topological polar surface area (TPSA) is 38.3 Å². The molecular formula is C25H29NO2. The third-order valence-electron chi connectivity index (χ3n) is 7.21. The molecule has 0 heterocycles. The smallest absolute Gasteiger partial charge is 0.262 e. The number of hydrogen-bond donors (Lipinski definition) is 1. The van der Waals surface area contributed by atoms with E-state index in [9.17, 15) is 4.79 Å². The lowest BCUT2D eigenvalue weighted by atomic mass is 9.48. The van der Waals surface area contributed by atoms with Gasteiger partial charge in [-0.2, -0.15) is 0 Å². The van der Waals surface area contributed by atoms with Crippen LogP contribution in [0, 0.1) is 24.7 Å². The number of carbonyl (C=O) groups is 1. The molecule has 0 atom stereocenters. The van der Waals surface area contributed by atoms with Crippen LogP contribution in [0.15, 0.2) is 48.5 Å². The lowest BCUT2D eigenvalue weighted by Gasteiger charge is -2.57.